The van der Waals surface area contributed by atoms with E-state index in [-0.39, 0.29) is 11.6 Å². The van der Waals surface area contributed by atoms with Gasteiger partial charge in [-0.1, -0.05) is 29.8 Å². The Labute approximate surface area is 117 Å². The predicted molar refractivity (Wildman–Crippen MR) is 77.8 cm³/mol. The SMILES string of the molecule is Cc1ccc(CN(C)C(=O)c2ccc(N)c(F)c2)cc1. The van der Waals surface area contributed by atoms with Crippen molar-refractivity contribution in [2.24, 2.45) is 0 Å². The van der Waals surface area contributed by atoms with Gasteiger partial charge in [-0.25, -0.2) is 4.39 Å². The van der Waals surface area contributed by atoms with Gasteiger partial charge in [0.1, 0.15) is 5.82 Å². The lowest BCUT2D eigenvalue weighted by Gasteiger charge is -2.17. The number of carbonyl (C=O) groups excluding carboxylic acids is 1. The fourth-order valence-electron chi connectivity index (χ4n) is 1.92. The molecular weight excluding hydrogens is 255 g/mol. The standard InChI is InChI=1S/C16H17FN2O/c1-11-3-5-12(6-4-11)10-19(2)16(20)13-7-8-15(18)14(17)9-13/h3-9H,10,18H2,1-2H3. The maximum absolute atomic E-state index is 13.4. The molecule has 4 heteroatoms. The topological polar surface area (TPSA) is 46.3 Å². The molecule has 2 aromatic carbocycles. The zero-order valence-electron chi connectivity index (χ0n) is 11.6. The summed E-state index contributed by atoms with van der Waals surface area (Å²) < 4.78 is 13.4. The number of benzene rings is 2. The number of nitrogens with two attached hydrogens (primary N) is 1. The van der Waals surface area contributed by atoms with Crippen LogP contribution in [0.15, 0.2) is 42.5 Å². The molecule has 0 aliphatic heterocycles. The molecule has 2 rings (SSSR count). The van der Waals surface area contributed by atoms with Crippen LogP contribution in [0.4, 0.5) is 10.1 Å². The molecule has 2 aromatic rings. The Hall–Kier alpha value is -2.36. The number of anilines is 1. The quantitative estimate of drug-likeness (QED) is 0.873. The molecule has 0 aliphatic carbocycles. The molecule has 0 spiro atoms. The van der Waals surface area contributed by atoms with Crippen molar-refractivity contribution in [3.8, 4) is 0 Å². The second kappa shape index (κ2) is 5.74. The van der Waals surface area contributed by atoms with E-state index >= 15 is 0 Å². The van der Waals surface area contributed by atoms with Gasteiger partial charge in [-0.05, 0) is 30.7 Å². The van der Waals surface area contributed by atoms with Crippen LogP contribution in [0.25, 0.3) is 0 Å². The monoisotopic (exact) mass is 272 g/mol. The molecule has 0 bridgehead atoms. The largest absolute Gasteiger partial charge is 0.396 e. The van der Waals surface area contributed by atoms with Gasteiger partial charge >= 0.3 is 0 Å². The van der Waals surface area contributed by atoms with Crippen LogP contribution in [0.3, 0.4) is 0 Å². The molecule has 0 saturated carbocycles. The number of carbonyl (C=O) groups is 1. The van der Waals surface area contributed by atoms with Gasteiger partial charge in [0.25, 0.3) is 5.91 Å². The molecular formula is C16H17FN2O. The summed E-state index contributed by atoms with van der Waals surface area (Å²) in [6.45, 7) is 2.49. The van der Waals surface area contributed by atoms with E-state index in [1.54, 1.807) is 11.9 Å². The molecule has 1 amide bonds. The fraction of sp³-hybridized carbons (Fsp3) is 0.188. The number of nitrogens with zero attached hydrogens (tertiary/aromatic N) is 1. The van der Waals surface area contributed by atoms with Crippen molar-refractivity contribution in [1.29, 1.82) is 0 Å². The van der Waals surface area contributed by atoms with Crippen molar-refractivity contribution in [1.82, 2.24) is 4.90 Å². The highest BCUT2D eigenvalue weighted by molar-refractivity contribution is 5.94. The Morgan fingerprint density at radius 2 is 1.85 bits per heavy atom. The van der Waals surface area contributed by atoms with E-state index in [2.05, 4.69) is 0 Å². The van der Waals surface area contributed by atoms with E-state index in [1.807, 2.05) is 31.2 Å². The number of halogens is 1. The Kier molecular flexibility index (Phi) is 4.03. The van der Waals surface area contributed by atoms with E-state index in [0.717, 1.165) is 5.56 Å². The Morgan fingerprint density at radius 1 is 1.20 bits per heavy atom. The number of rotatable bonds is 3. The highest BCUT2D eigenvalue weighted by Gasteiger charge is 2.13. The average Bonchev–Trinajstić information content (AvgIpc) is 2.43. The molecule has 0 saturated heterocycles. The summed E-state index contributed by atoms with van der Waals surface area (Å²) in [4.78, 5) is 13.7. The fourth-order valence-corrected chi connectivity index (χ4v) is 1.92. The Balaban J connectivity index is 2.11. The van der Waals surface area contributed by atoms with Gasteiger partial charge in [-0.15, -0.1) is 0 Å². The lowest BCUT2D eigenvalue weighted by atomic mass is 10.1. The van der Waals surface area contributed by atoms with Crippen LogP contribution >= 0.6 is 0 Å². The van der Waals surface area contributed by atoms with Crippen molar-refractivity contribution < 1.29 is 9.18 Å². The van der Waals surface area contributed by atoms with Crippen molar-refractivity contribution in [3.05, 3.63) is 65.0 Å². The average molecular weight is 272 g/mol. The minimum atomic E-state index is -0.570. The van der Waals surface area contributed by atoms with E-state index < -0.39 is 5.82 Å². The minimum absolute atomic E-state index is 0.0442. The minimum Gasteiger partial charge on any atom is -0.396 e. The normalized spacial score (nSPS) is 10.3. The first-order valence-electron chi connectivity index (χ1n) is 6.33. The van der Waals surface area contributed by atoms with Crippen molar-refractivity contribution in [2.45, 2.75) is 13.5 Å². The second-order valence-corrected chi connectivity index (χ2v) is 4.88. The maximum atomic E-state index is 13.4. The van der Waals surface area contributed by atoms with Gasteiger partial charge in [0.15, 0.2) is 0 Å². The molecule has 104 valence electrons. The highest BCUT2D eigenvalue weighted by atomic mass is 19.1. The van der Waals surface area contributed by atoms with Crippen LogP contribution in [0, 0.1) is 12.7 Å². The lowest BCUT2D eigenvalue weighted by Crippen LogP contribution is -2.26. The summed E-state index contributed by atoms with van der Waals surface area (Å²) in [5.41, 5.74) is 7.94. The summed E-state index contributed by atoms with van der Waals surface area (Å²) in [6, 6.07) is 12.1. The number of amides is 1. The smallest absolute Gasteiger partial charge is 0.254 e. The van der Waals surface area contributed by atoms with Gasteiger partial charge in [-0.3, -0.25) is 4.79 Å². The first kappa shape index (κ1) is 14.1. The Morgan fingerprint density at radius 3 is 2.45 bits per heavy atom. The molecule has 20 heavy (non-hydrogen) atoms. The zero-order chi connectivity index (χ0) is 14.7. The summed E-state index contributed by atoms with van der Waals surface area (Å²) in [5.74, 6) is -0.802. The number of aryl methyl sites for hydroxylation is 1. The van der Waals surface area contributed by atoms with Crippen LogP contribution in [-0.4, -0.2) is 17.9 Å². The number of nitrogen functional groups attached to an aromatic ring is 1. The van der Waals surface area contributed by atoms with Crippen molar-refractivity contribution in [2.75, 3.05) is 12.8 Å². The van der Waals surface area contributed by atoms with E-state index in [9.17, 15) is 9.18 Å². The Bertz CT molecular complexity index is 623. The van der Waals surface area contributed by atoms with E-state index in [4.69, 9.17) is 5.73 Å². The summed E-state index contributed by atoms with van der Waals surface area (Å²) in [6.07, 6.45) is 0. The molecule has 3 nitrogen and oxygen atoms in total. The molecule has 0 atom stereocenters. The summed E-state index contributed by atoms with van der Waals surface area (Å²) in [7, 11) is 1.69. The number of hydrogen-bond donors (Lipinski definition) is 1. The molecule has 0 aromatic heterocycles. The van der Waals surface area contributed by atoms with Crippen molar-refractivity contribution >= 4 is 11.6 Å². The summed E-state index contributed by atoms with van der Waals surface area (Å²) >= 11 is 0. The van der Waals surface area contributed by atoms with Gasteiger partial charge in [-0.2, -0.15) is 0 Å². The van der Waals surface area contributed by atoms with E-state index in [1.165, 1.54) is 23.8 Å². The zero-order valence-corrected chi connectivity index (χ0v) is 11.6. The van der Waals surface area contributed by atoms with Crippen molar-refractivity contribution in [3.63, 3.8) is 0 Å². The van der Waals surface area contributed by atoms with Gasteiger partial charge in [0.05, 0.1) is 5.69 Å². The van der Waals surface area contributed by atoms with Gasteiger partial charge in [0.2, 0.25) is 0 Å². The molecule has 0 heterocycles. The molecule has 0 aliphatic rings. The maximum Gasteiger partial charge on any atom is 0.254 e. The number of hydrogen-bond acceptors (Lipinski definition) is 2. The van der Waals surface area contributed by atoms with Crippen LogP contribution < -0.4 is 5.73 Å². The molecule has 2 N–H and O–H groups in total. The van der Waals surface area contributed by atoms with Crippen LogP contribution in [0.2, 0.25) is 0 Å². The van der Waals surface area contributed by atoms with Gasteiger partial charge < -0.3 is 10.6 Å². The molecule has 0 unspecified atom stereocenters. The van der Waals surface area contributed by atoms with Crippen LogP contribution in [-0.2, 0) is 6.54 Å². The first-order chi connectivity index (χ1) is 9.47. The third-order valence-corrected chi connectivity index (χ3v) is 3.13. The second-order valence-electron chi connectivity index (χ2n) is 4.88. The first-order valence-corrected chi connectivity index (χ1v) is 6.33. The lowest BCUT2D eigenvalue weighted by molar-refractivity contribution is 0.0784. The molecule has 0 fully saturated rings. The van der Waals surface area contributed by atoms with Crippen LogP contribution in [0.1, 0.15) is 21.5 Å². The third kappa shape index (κ3) is 3.15. The summed E-state index contributed by atoms with van der Waals surface area (Å²) in [5, 5.41) is 0. The van der Waals surface area contributed by atoms with Gasteiger partial charge in [0, 0.05) is 19.2 Å². The highest BCUT2D eigenvalue weighted by Crippen LogP contribution is 2.14. The predicted octanol–water partition coefficient (Wildman–Crippen LogP) is 2.99. The van der Waals surface area contributed by atoms with E-state index in [0.29, 0.717) is 12.1 Å². The van der Waals surface area contributed by atoms with Crippen LogP contribution in [0.5, 0.6) is 0 Å². The third-order valence-electron chi connectivity index (χ3n) is 3.13. The molecule has 0 radical (unpaired) electrons.